The first kappa shape index (κ1) is 81.2. The van der Waals surface area contributed by atoms with E-state index in [1.165, 1.54) is 36.9 Å². The summed E-state index contributed by atoms with van der Waals surface area (Å²) in [7, 11) is 5.47. The number of hydrogen-bond acceptors (Lipinski definition) is 21. The number of aromatic nitrogens is 8. The fourth-order valence-corrected chi connectivity index (χ4v) is 14.8. The van der Waals surface area contributed by atoms with Gasteiger partial charge in [0, 0.05) is 165 Å². The molecule has 8 aromatic heterocycles. The normalized spacial score (nSPS) is 14.7. The Morgan fingerprint density at radius 2 is 0.769 bits per heavy atom. The van der Waals surface area contributed by atoms with E-state index in [1.807, 2.05) is 108 Å². The van der Waals surface area contributed by atoms with Crippen molar-refractivity contribution < 1.29 is 68.3 Å². The highest BCUT2D eigenvalue weighted by molar-refractivity contribution is 6.07. The Morgan fingerprint density at radius 3 is 1.15 bits per heavy atom. The van der Waals surface area contributed by atoms with Gasteiger partial charge in [-0.1, -0.05) is 36.4 Å². The van der Waals surface area contributed by atoms with Crippen molar-refractivity contribution in [3.63, 3.8) is 0 Å². The van der Waals surface area contributed by atoms with Crippen LogP contribution in [0.3, 0.4) is 0 Å². The molecule has 0 saturated carbocycles. The standard InChI is InChI=1S/C21H23N5O4.2C21H23N5O3.C20H20FN5O3/c1-30-16-3-4-17-14(10-16)11-18(24-17)21(28)23-15-6-8-26(9-7-15)19-5-2-13(12-22-19)20(27)25-29;1-25-13-17(16-4-2-3-5-18(16)25)21(28)23-15-8-10-26(11-9-15)19-7-6-14(12-22-19)20(27)24-29;1-25-17-5-3-2-4-14(17)12-18(25)21(28)23-16-8-10-26(11-9-16)19-7-6-15(13-22-19)20(27)24-29;21-14-2-3-16-13(9-14)10-17(24-16)20(28)23-15-5-7-26(8-6-15)18-4-1-12(11-22-18)19(27)25-29/h2-5,10-12,15,24,29H,6-9H2,1H3,(H,23,28)(H,25,27);2-7,12-13,15,29H,8-11H2,1H3,(H,23,28)(H,24,27);2-7,12-13,16,29H,8-11H2,1H3,(H,23,28)(H,24,27);1-4,9-11,15,24,29H,5-8H2,(H,23,28)(H,25,27). The highest BCUT2D eigenvalue weighted by Crippen LogP contribution is 2.28. The number of rotatable bonds is 17. The fourth-order valence-electron chi connectivity index (χ4n) is 14.8. The van der Waals surface area contributed by atoms with Gasteiger partial charge in [-0.15, -0.1) is 0 Å². The van der Waals surface area contributed by atoms with Crippen molar-refractivity contribution >= 4 is 114 Å². The maximum atomic E-state index is 13.3. The average molecular weight is 1590 g/mol. The molecule has 117 heavy (non-hydrogen) atoms. The Morgan fingerprint density at radius 1 is 0.402 bits per heavy atom. The van der Waals surface area contributed by atoms with Crippen molar-refractivity contribution in [2.75, 3.05) is 79.1 Å². The van der Waals surface area contributed by atoms with E-state index in [1.54, 1.807) is 89.7 Å². The molecule has 0 aliphatic carbocycles. The number of methoxy groups -OCH3 is 1. The van der Waals surface area contributed by atoms with Crippen LogP contribution in [0.2, 0.25) is 0 Å². The molecule has 4 aliphatic rings. The largest absolute Gasteiger partial charge is 0.497 e. The van der Waals surface area contributed by atoms with Crippen LogP contribution in [0.1, 0.15) is 135 Å². The molecular formula is C83H89FN20O13. The molecule has 4 fully saturated rings. The summed E-state index contributed by atoms with van der Waals surface area (Å²) in [5, 5.41) is 50.7. The number of ether oxygens (including phenoxy) is 1. The molecule has 16 rings (SSSR count). The number of fused-ring (bicyclic) bond motifs is 4. The number of carbonyl (C=O) groups is 8. The lowest BCUT2D eigenvalue weighted by molar-refractivity contribution is 0.0701. The Hall–Kier alpha value is -13.8. The fraction of sp³-hybridized carbons (Fsp3) is 0.277. The van der Waals surface area contributed by atoms with Crippen molar-refractivity contribution in [1.29, 1.82) is 0 Å². The molecule has 12 heterocycles. The quantitative estimate of drug-likeness (QED) is 0.0300. The van der Waals surface area contributed by atoms with Crippen molar-refractivity contribution in [1.82, 2.24) is 82.2 Å². The van der Waals surface area contributed by atoms with Crippen molar-refractivity contribution in [3.05, 3.63) is 233 Å². The number of benzene rings is 4. The minimum absolute atomic E-state index is 0.0290. The number of para-hydroxylation sites is 2. The maximum absolute atomic E-state index is 13.3. The summed E-state index contributed by atoms with van der Waals surface area (Å²) in [6.07, 6.45) is 13.9. The van der Waals surface area contributed by atoms with Gasteiger partial charge in [-0.05, 0) is 167 Å². The summed E-state index contributed by atoms with van der Waals surface area (Å²) >= 11 is 0. The van der Waals surface area contributed by atoms with Crippen molar-refractivity contribution in [2.24, 2.45) is 14.1 Å². The van der Waals surface area contributed by atoms with Crippen LogP contribution in [0.4, 0.5) is 27.7 Å². The number of hydroxylamine groups is 4. The molecule has 0 bridgehead atoms. The number of anilines is 4. The number of carbonyl (C=O) groups excluding carboxylic acids is 8. The molecule has 12 aromatic rings. The number of piperidine rings is 4. The van der Waals surface area contributed by atoms with Gasteiger partial charge in [0.05, 0.1) is 34.9 Å². The van der Waals surface area contributed by atoms with E-state index < -0.39 is 23.6 Å². The van der Waals surface area contributed by atoms with Crippen LogP contribution in [-0.2, 0) is 14.1 Å². The van der Waals surface area contributed by atoms with E-state index in [2.05, 4.69) is 70.8 Å². The lowest BCUT2D eigenvalue weighted by Crippen LogP contribution is -2.45. The molecule has 0 unspecified atom stereocenters. The third-order valence-corrected chi connectivity index (χ3v) is 21.3. The van der Waals surface area contributed by atoms with Crippen molar-refractivity contribution in [2.45, 2.75) is 75.5 Å². The Kier molecular flexibility index (Phi) is 26.0. The van der Waals surface area contributed by atoms with E-state index >= 15 is 0 Å². The van der Waals surface area contributed by atoms with Crippen LogP contribution in [-0.4, -0.2) is 191 Å². The molecule has 34 heteroatoms. The van der Waals surface area contributed by atoms with E-state index in [9.17, 15) is 42.7 Å². The van der Waals surface area contributed by atoms with Crippen molar-refractivity contribution in [3.8, 4) is 5.75 Å². The first-order valence-corrected chi connectivity index (χ1v) is 38.1. The molecule has 14 N–H and O–H groups in total. The third-order valence-electron chi connectivity index (χ3n) is 21.3. The summed E-state index contributed by atoms with van der Waals surface area (Å²) in [6.45, 7) is 5.96. The summed E-state index contributed by atoms with van der Waals surface area (Å²) in [5.74, 6) is 0.663. The zero-order valence-corrected chi connectivity index (χ0v) is 64.3. The lowest BCUT2D eigenvalue weighted by Gasteiger charge is -2.33. The average Bonchev–Trinajstić information content (AvgIpc) is 1.73. The predicted octanol–water partition coefficient (Wildman–Crippen LogP) is 8.49. The predicted molar refractivity (Wildman–Crippen MR) is 434 cm³/mol. The Bertz CT molecular complexity index is 5530. The van der Waals surface area contributed by atoms with Gasteiger partial charge < -0.3 is 64.7 Å². The zero-order valence-electron chi connectivity index (χ0n) is 64.3. The second-order valence-electron chi connectivity index (χ2n) is 28.7. The van der Waals surface area contributed by atoms with Gasteiger partial charge in [-0.25, -0.2) is 46.2 Å². The smallest absolute Gasteiger partial charge is 0.276 e. The van der Waals surface area contributed by atoms with Gasteiger partial charge in [0.15, 0.2) is 0 Å². The number of amides is 8. The van der Waals surface area contributed by atoms with Crippen LogP contribution in [0, 0.1) is 5.82 Å². The van der Waals surface area contributed by atoms with E-state index in [0.29, 0.717) is 57.8 Å². The van der Waals surface area contributed by atoms with Gasteiger partial charge in [0.25, 0.3) is 47.3 Å². The number of halogens is 1. The van der Waals surface area contributed by atoms with Crippen LogP contribution in [0.5, 0.6) is 5.75 Å². The van der Waals surface area contributed by atoms with Crippen LogP contribution >= 0.6 is 0 Å². The molecule has 8 amide bonds. The first-order chi connectivity index (χ1) is 56.7. The van der Waals surface area contributed by atoms with Gasteiger partial charge >= 0.3 is 0 Å². The number of nitrogens with one attached hydrogen (secondary N) is 10. The number of H-pyrrole nitrogens is 2. The minimum atomic E-state index is -0.606. The molecule has 0 spiro atoms. The lowest BCUT2D eigenvalue weighted by atomic mass is 10.0. The molecule has 33 nitrogen and oxygen atoms in total. The minimum Gasteiger partial charge on any atom is -0.497 e. The second kappa shape index (κ2) is 37.4. The monoisotopic (exact) mass is 1590 g/mol. The summed E-state index contributed by atoms with van der Waals surface area (Å²) in [5.41, 5.74) is 13.5. The van der Waals surface area contributed by atoms with Crippen LogP contribution < -0.4 is 67.5 Å². The van der Waals surface area contributed by atoms with E-state index in [0.717, 1.165) is 158 Å². The molecule has 0 atom stereocenters. The van der Waals surface area contributed by atoms with Crippen LogP contribution in [0.15, 0.2) is 183 Å². The Labute approximate surface area is 669 Å². The van der Waals surface area contributed by atoms with Gasteiger partial charge in [-0.3, -0.25) is 59.2 Å². The number of hydrogen-bond donors (Lipinski definition) is 14. The number of nitrogens with zero attached hydrogens (tertiary/aromatic N) is 10. The topological polar surface area (TPSA) is 429 Å². The molecule has 4 aromatic carbocycles. The highest BCUT2D eigenvalue weighted by Gasteiger charge is 2.29. The highest BCUT2D eigenvalue weighted by atomic mass is 19.1. The Balaban J connectivity index is 0.000000135. The van der Waals surface area contributed by atoms with E-state index in [-0.39, 0.29) is 59.2 Å². The number of aryl methyl sites for hydroxylation is 2. The molecule has 4 aliphatic heterocycles. The second-order valence-corrected chi connectivity index (χ2v) is 28.7. The molecule has 4 saturated heterocycles. The number of aromatic amines is 2. The molecule has 606 valence electrons. The maximum Gasteiger partial charge on any atom is 0.276 e. The van der Waals surface area contributed by atoms with Gasteiger partial charge in [0.1, 0.15) is 51.9 Å². The number of pyridine rings is 4. The summed E-state index contributed by atoms with van der Waals surface area (Å²) in [6, 6.07) is 45.0. The summed E-state index contributed by atoms with van der Waals surface area (Å²) < 4.78 is 22.4. The third kappa shape index (κ3) is 19.7. The van der Waals surface area contributed by atoms with Crippen LogP contribution in [0.25, 0.3) is 43.6 Å². The summed E-state index contributed by atoms with van der Waals surface area (Å²) in [4.78, 5) is 128. The molecule has 0 radical (unpaired) electrons. The van der Waals surface area contributed by atoms with Gasteiger partial charge in [0.2, 0.25) is 0 Å². The first-order valence-electron chi connectivity index (χ1n) is 38.1. The molecular weight excluding hydrogens is 1500 g/mol. The van der Waals surface area contributed by atoms with Gasteiger partial charge in [-0.2, -0.15) is 0 Å². The zero-order chi connectivity index (χ0) is 82.2. The van der Waals surface area contributed by atoms with E-state index in [4.69, 9.17) is 25.6 Å². The SMILES string of the molecule is COc1ccc2[nH]c(C(=O)NC3CCN(c4ccc(C(=O)NO)cn4)CC3)cc2c1.Cn1c(C(=O)NC2CCN(c3ccc(C(=O)NO)cn3)CC2)cc2ccccc21.Cn1cc(C(=O)NC2CCN(c3ccc(C(=O)NO)cn3)CC2)c2ccccc21.O=C(NO)c1ccc(N2CCC(NC(=O)c3cc4cc(F)ccc4[nH]3)CC2)nc1.